The van der Waals surface area contributed by atoms with Crippen LogP contribution < -0.4 is 5.73 Å². The molecule has 1 heterocycles. The fourth-order valence-corrected chi connectivity index (χ4v) is 1.53. The summed E-state index contributed by atoms with van der Waals surface area (Å²) in [6.07, 6.45) is 3.26. The lowest BCUT2D eigenvalue weighted by atomic mass is 10.2. The fraction of sp³-hybridized carbons (Fsp3) is 0.692. The standard InChI is InChI=1S/C13H24N4O3/c1-10(8-19-5-4-17(2)3)20-13(18)12(14)6-11-7-15-9-16-11/h7,9-10,12H,4-6,8,14H2,1-3H3,(H,15,16). The zero-order valence-electron chi connectivity index (χ0n) is 12.3. The molecule has 2 unspecified atom stereocenters. The second-order valence-electron chi connectivity index (χ2n) is 5.01. The average molecular weight is 284 g/mol. The Morgan fingerprint density at radius 2 is 2.30 bits per heavy atom. The van der Waals surface area contributed by atoms with Crippen molar-refractivity contribution in [3.63, 3.8) is 0 Å². The van der Waals surface area contributed by atoms with Gasteiger partial charge >= 0.3 is 5.97 Å². The minimum atomic E-state index is -0.695. The number of aromatic nitrogens is 2. The second-order valence-corrected chi connectivity index (χ2v) is 5.01. The molecule has 0 amide bonds. The van der Waals surface area contributed by atoms with E-state index >= 15 is 0 Å². The predicted octanol–water partition coefficient (Wildman–Crippen LogP) is -0.211. The highest BCUT2D eigenvalue weighted by molar-refractivity contribution is 5.75. The van der Waals surface area contributed by atoms with Crippen molar-refractivity contribution in [3.8, 4) is 0 Å². The van der Waals surface area contributed by atoms with E-state index in [2.05, 4.69) is 9.97 Å². The Labute approximate surface area is 119 Å². The summed E-state index contributed by atoms with van der Waals surface area (Å²) in [5.41, 5.74) is 6.59. The van der Waals surface area contributed by atoms with Crippen molar-refractivity contribution >= 4 is 5.97 Å². The van der Waals surface area contributed by atoms with Crippen LogP contribution in [0.5, 0.6) is 0 Å². The molecule has 0 saturated heterocycles. The molecule has 0 fully saturated rings. The smallest absolute Gasteiger partial charge is 0.323 e. The lowest BCUT2D eigenvalue weighted by Crippen LogP contribution is -2.37. The summed E-state index contributed by atoms with van der Waals surface area (Å²) in [4.78, 5) is 20.6. The maximum absolute atomic E-state index is 11.8. The number of imidazole rings is 1. The van der Waals surface area contributed by atoms with E-state index in [1.54, 1.807) is 19.4 Å². The summed E-state index contributed by atoms with van der Waals surface area (Å²) in [5, 5.41) is 0. The van der Waals surface area contributed by atoms with Crippen LogP contribution in [0.3, 0.4) is 0 Å². The van der Waals surface area contributed by atoms with Crippen LogP contribution in [-0.4, -0.2) is 66.8 Å². The molecule has 0 bridgehead atoms. The van der Waals surface area contributed by atoms with Gasteiger partial charge in [0.2, 0.25) is 0 Å². The van der Waals surface area contributed by atoms with Gasteiger partial charge in [-0.2, -0.15) is 0 Å². The third-order valence-electron chi connectivity index (χ3n) is 2.65. The summed E-state index contributed by atoms with van der Waals surface area (Å²) < 4.78 is 10.6. The molecule has 20 heavy (non-hydrogen) atoms. The van der Waals surface area contributed by atoms with Crippen LogP contribution in [0.4, 0.5) is 0 Å². The van der Waals surface area contributed by atoms with Gasteiger partial charge in [-0.15, -0.1) is 0 Å². The van der Waals surface area contributed by atoms with E-state index in [9.17, 15) is 4.79 Å². The van der Waals surface area contributed by atoms with Crippen LogP contribution in [0, 0.1) is 0 Å². The molecule has 2 atom stereocenters. The molecule has 0 aliphatic heterocycles. The molecule has 114 valence electrons. The van der Waals surface area contributed by atoms with Gasteiger partial charge in [-0.1, -0.05) is 0 Å². The van der Waals surface area contributed by atoms with E-state index in [1.807, 2.05) is 19.0 Å². The van der Waals surface area contributed by atoms with E-state index in [1.165, 1.54) is 0 Å². The van der Waals surface area contributed by atoms with Crippen LogP contribution in [0.25, 0.3) is 0 Å². The molecule has 3 N–H and O–H groups in total. The van der Waals surface area contributed by atoms with Gasteiger partial charge in [0.1, 0.15) is 12.1 Å². The third-order valence-corrected chi connectivity index (χ3v) is 2.65. The molecule has 7 heteroatoms. The normalized spacial score (nSPS) is 14.2. The van der Waals surface area contributed by atoms with Gasteiger partial charge in [-0.3, -0.25) is 4.79 Å². The van der Waals surface area contributed by atoms with Gasteiger partial charge in [-0.25, -0.2) is 4.98 Å². The Morgan fingerprint density at radius 3 is 2.90 bits per heavy atom. The van der Waals surface area contributed by atoms with Crippen molar-refractivity contribution in [2.75, 3.05) is 33.9 Å². The zero-order valence-corrected chi connectivity index (χ0v) is 12.3. The molecule has 1 aromatic heterocycles. The van der Waals surface area contributed by atoms with Gasteiger partial charge in [0.15, 0.2) is 0 Å². The number of carbonyl (C=O) groups excluding carboxylic acids is 1. The van der Waals surface area contributed by atoms with Crippen molar-refractivity contribution in [2.45, 2.75) is 25.5 Å². The second kappa shape index (κ2) is 8.68. The lowest BCUT2D eigenvalue weighted by Gasteiger charge is -2.17. The lowest BCUT2D eigenvalue weighted by molar-refractivity contribution is -0.152. The van der Waals surface area contributed by atoms with Crippen LogP contribution in [-0.2, 0) is 20.7 Å². The number of likely N-dealkylation sites (N-methyl/N-ethyl adjacent to an activating group) is 1. The van der Waals surface area contributed by atoms with Crippen LogP contribution >= 0.6 is 0 Å². The number of hydrogen-bond acceptors (Lipinski definition) is 6. The zero-order chi connectivity index (χ0) is 15.0. The topological polar surface area (TPSA) is 93.5 Å². The summed E-state index contributed by atoms with van der Waals surface area (Å²) in [6.45, 7) is 3.60. The summed E-state index contributed by atoms with van der Waals surface area (Å²) in [7, 11) is 3.95. The molecule has 0 spiro atoms. The summed E-state index contributed by atoms with van der Waals surface area (Å²) in [5.74, 6) is -0.427. The maximum atomic E-state index is 11.8. The van der Waals surface area contributed by atoms with Gasteiger partial charge in [-0.05, 0) is 21.0 Å². The molecular formula is C13H24N4O3. The molecule has 1 rings (SSSR count). The van der Waals surface area contributed by atoms with Crippen LogP contribution in [0.2, 0.25) is 0 Å². The first-order chi connectivity index (χ1) is 9.49. The van der Waals surface area contributed by atoms with Crippen molar-refractivity contribution in [1.29, 1.82) is 0 Å². The number of carbonyl (C=O) groups is 1. The number of H-pyrrole nitrogens is 1. The number of ether oxygens (including phenoxy) is 2. The number of nitrogens with two attached hydrogens (primary N) is 1. The van der Waals surface area contributed by atoms with E-state index < -0.39 is 12.0 Å². The van der Waals surface area contributed by atoms with Gasteiger partial charge in [0.25, 0.3) is 0 Å². The Morgan fingerprint density at radius 1 is 1.55 bits per heavy atom. The first-order valence-electron chi connectivity index (χ1n) is 6.65. The van der Waals surface area contributed by atoms with Crippen molar-refractivity contribution in [2.24, 2.45) is 5.73 Å². The highest BCUT2D eigenvalue weighted by Gasteiger charge is 2.19. The highest BCUT2D eigenvalue weighted by Crippen LogP contribution is 2.01. The molecule has 0 saturated carbocycles. The first-order valence-corrected chi connectivity index (χ1v) is 6.65. The van der Waals surface area contributed by atoms with E-state index in [0.717, 1.165) is 12.2 Å². The van der Waals surface area contributed by atoms with Gasteiger partial charge < -0.3 is 25.1 Å². The molecule has 7 nitrogen and oxygen atoms in total. The summed E-state index contributed by atoms with van der Waals surface area (Å²) >= 11 is 0. The van der Waals surface area contributed by atoms with E-state index in [0.29, 0.717) is 19.6 Å². The van der Waals surface area contributed by atoms with Crippen LogP contribution in [0.15, 0.2) is 12.5 Å². The van der Waals surface area contributed by atoms with Crippen molar-refractivity contribution in [1.82, 2.24) is 14.9 Å². The number of rotatable bonds is 9. The molecular weight excluding hydrogens is 260 g/mol. The van der Waals surface area contributed by atoms with E-state index in [4.69, 9.17) is 15.2 Å². The maximum Gasteiger partial charge on any atom is 0.323 e. The first kappa shape index (κ1) is 16.6. The fourth-order valence-electron chi connectivity index (χ4n) is 1.53. The van der Waals surface area contributed by atoms with Crippen LogP contribution in [0.1, 0.15) is 12.6 Å². The minimum absolute atomic E-state index is 0.308. The Kier molecular flexibility index (Phi) is 7.21. The molecule has 0 aromatic carbocycles. The largest absolute Gasteiger partial charge is 0.459 e. The predicted molar refractivity (Wildman–Crippen MR) is 75.2 cm³/mol. The number of esters is 1. The van der Waals surface area contributed by atoms with Gasteiger partial charge in [0, 0.05) is 24.9 Å². The number of nitrogens with one attached hydrogen (secondary N) is 1. The number of nitrogens with zero attached hydrogens (tertiary/aromatic N) is 2. The van der Waals surface area contributed by atoms with E-state index in [-0.39, 0.29) is 6.10 Å². The minimum Gasteiger partial charge on any atom is -0.459 e. The molecule has 0 aliphatic carbocycles. The molecule has 1 aromatic rings. The van der Waals surface area contributed by atoms with Gasteiger partial charge in [0.05, 0.1) is 19.5 Å². The number of hydrogen-bond donors (Lipinski definition) is 2. The Bertz CT molecular complexity index is 381. The summed E-state index contributed by atoms with van der Waals surface area (Å²) in [6, 6.07) is -0.695. The monoisotopic (exact) mass is 284 g/mol. The highest BCUT2D eigenvalue weighted by atomic mass is 16.6. The SMILES string of the molecule is CC(COCCN(C)C)OC(=O)C(N)Cc1cnc[nH]1. The molecule has 0 aliphatic rings. The quantitative estimate of drug-likeness (QED) is 0.481. The molecule has 0 radical (unpaired) electrons. The van der Waals surface area contributed by atoms with Crippen molar-refractivity contribution < 1.29 is 14.3 Å². The average Bonchev–Trinajstić information content (AvgIpc) is 2.87. The Balaban J connectivity index is 2.19. The third kappa shape index (κ3) is 6.65. The number of aromatic amines is 1. The Hall–Kier alpha value is -1.44. The van der Waals surface area contributed by atoms with Crippen molar-refractivity contribution in [3.05, 3.63) is 18.2 Å².